The van der Waals surface area contributed by atoms with Crippen LogP contribution in [0.4, 0.5) is 39.8 Å². The summed E-state index contributed by atoms with van der Waals surface area (Å²) in [5.41, 5.74) is 23.8. The van der Waals surface area contributed by atoms with Gasteiger partial charge in [0.05, 0.1) is 43.3 Å². The van der Waals surface area contributed by atoms with Crippen molar-refractivity contribution in [3.05, 3.63) is 118 Å². The molecule has 24 heteroatoms. The third-order valence-corrected chi connectivity index (χ3v) is 11.3. The Morgan fingerprint density at radius 2 is 1.10 bits per heavy atom. The van der Waals surface area contributed by atoms with E-state index in [4.69, 9.17) is 37.1 Å². The number of nitrogens with zero attached hydrogens (tertiary/aromatic N) is 1. The van der Waals surface area contributed by atoms with Gasteiger partial charge < -0.3 is 47.6 Å². The number of hydrogen-bond donors (Lipinski definition) is 9. The molecule has 0 aromatic heterocycles. The summed E-state index contributed by atoms with van der Waals surface area (Å²) in [6.07, 6.45) is 2.27. The van der Waals surface area contributed by atoms with Gasteiger partial charge in [-0.2, -0.15) is 25.3 Å². The average Bonchev–Trinajstić information content (AvgIpc) is 3.21. The van der Waals surface area contributed by atoms with Crippen LogP contribution >= 0.6 is 0 Å². The number of nitrogen functional groups attached to an aromatic ring is 4. The fourth-order valence-electron chi connectivity index (χ4n) is 5.55. The van der Waals surface area contributed by atoms with Gasteiger partial charge in [-0.25, -0.2) is 0 Å². The standard InChI is InChI=1S/C17H16N2O5S.C14H12N2O8S2.C8H12N2O2/c1-24-13-5-2-11(3-6-13)19-12-4-7-14-10(8-12)9-15(25(21,22)23)16(18)17(14)20;15-11-5-3-9(13(7-11)25(19,20)21)1-2-10-4-6-12(16(17)18)8-14(10)26(22,23)24;1-11-7-3-6(10)8(12-2)4-5(7)9/h2-9,19-20H,18H2,1H3,(H,21,22,23);1-8H,15H2,(H,19,20,21)(H,22,23,24);3-4H,9-10H2,1-2H3. The summed E-state index contributed by atoms with van der Waals surface area (Å²) in [6, 6.07) is 23.1. The molecule has 0 saturated carbocycles. The molecule has 0 bridgehead atoms. The fraction of sp³-hybridized carbons (Fsp3) is 0.0769. The molecule has 0 atom stereocenters. The molecule has 6 aromatic rings. The van der Waals surface area contributed by atoms with Crippen molar-refractivity contribution in [2.45, 2.75) is 14.7 Å². The minimum absolute atomic E-state index is 0.0126. The summed E-state index contributed by atoms with van der Waals surface area (Å²) in [5, 5.41) is 24.8. The molecule has 0 amide bonds. The van der Waals surface area contributed by atoms with E-state index in [9.17, 15) is 54.1 Å². The van der Waals surface area contributed by atoms with Crippen molar-refractivity contribution in [2.75, 3.05) is 49.6 Å². The molecule has 0 spiro atoms. The van der Waals surface area contributed by atoms with Crippen LogP contribution in [0.3, 0.4) is 0 Å². The van der Waals surface area contributed by atoms with Crippen molar-refractivity contribution >= 4 is 93.1 Å². The van der Waals surface area contributed by atoms with Crippen LogP contribution in [-0.4, -0.2) is 70.3 Å². The lowest BCUT2D eigenvalue weighted by molar-refractivity contribution is -0.385. The van der Waals surface area contributed by atoms with Crippen LogP contribution < -0.4 is 42.5 Å². The largest absolute Gasteiger partial charge is 0.505 e. The van der Waals surface area contributed by atoms with Gasteiger partial charge in [0.25, 0.3) is 36.0 Å². The van der Waals surface area contributed by atoms with Gasteiger partial charge in [0, 0.05) is 46.7 Å². The van der Waals surface area contributed by atoms with Crippen molar-refractivity contribution in [1.82, 2.24) is 0 Å². The van der Waals surface area contributed by atoms with E-state index in [0.717, 1.165) is 41.8 Å². The minimum atomic E-state index is -4.78. The van der Waals surface area contributed by atoms with E-state index in [1.807, 2.05) is 12.1 Å². The summed E-state index contributed by atoms with van der Waals surface area (Å²) >= 11 is 0. The molecule has 334 valence electrons. The Bertz CT molecular complexity index is 3030. The quantitative estimate of drug-likeness (QED) is 0.0184. The number of hydrogen-bond acceptors (Lipinski definition) is 17. The van der Waals surface area contributed by atoms with E-state index in [1.54, 1.807) is 49.6 Å². The highest BCUT2D eigenvalue weighted by Gasteiger charge is 2.21. The van der Waals surface area contributed by atoms with E-state index in [0.29, 0.717) is 45.4 Å². The number of aromatic hydroxyl groups is 1. The number of methoxy groups -OCH3 is 3. The van der Waals surface area contributed by atoms with Crippen LogP contribution in [0.5, 0.6) is 23.0 Å². The van der Waals surface area contributed by atoms with Gasteiger partial charge in [0.2, 0.25) is 0 Å². The topological polar surface area (TPSA) is 370 Å². The summed E-state index contributed by atoms with van der Waals surface area (Å²) < 4.78 is 111. The number of ether oxygens (including phenoxy) is 3. The van der Waals surface area contributed by atoms with E-state index in [-0.39, 0.29) is 28.3 Å². The molecular formula is C39H40N6O15S3. The highest BCUT2D eigenvalue weighted by atomic mass is 32.2. The van der Waals surface area contributed by atoms with Gasteiger partial charge in [0.1, 0.15) is 37.7 Å². The lowest BCUT2D eigenvalue weighted by Gasteiger charge is -2.12. The lowest BCUT2D eigenvalue weighted by atomic mass is 10.1. The Kier molecular flexibility index (Phi) is 15.0. The maximum absolute atomic E-state index is 11.5. The number of phenols is 1. The molecule has 13 N–H and O–H groups in total. The molecular weight excluding hydrogens is 889 g/mol. The first-order valence-electron chi connectivity index (χ1n) is 17.4. The van der Waals surface area contributed by atoms with Crippen LogP contribution in [0.1, 0.15) is 11.1 Å². The molecule has 6 rings (SSSR count). The second kappa shape index (κ2) is 19.6. The van der Waals surface area contributed by atoms with Gasteiger partial charge in [-0.15, -0.1) is 0 Å². The summed E-state index contributed by atoms with van der Waals surface area (Å²) in [7, 11) is -9.27. The van der Waals surface area contributed by atoms with E-state index in [2.05, 4.69) is 5.32 Å². The molecule has 0 radical (unpaired) electrons. The third-order valence-electron chi connectivity index (χ3n) is 8.60. The van der Waals surface area contributed by atoms with Crippen molar-refractivity contribution in [1.29, 1.82) is 0 Å². The number of benzene rings is 6. The smallest absolute Gasteiger partial charge is 0.296 e. The van der Waals surface area contributed by atoms with Crippen LogP contribution in [0.25, 0.3) is 22.9 Å². The zero-order chi connectivity index (χ0) is 47.0. The van der Waals surface area contributed by atoms with Crippen molar-refractivity contribution in [3.63, 3.8) is 0 Å². The van der Waals surface area contributed by atoms with E-state index < -0.39 is 55.7 Å². The Hall–Kier alpha value is -7.35. The average molecular weight is 929 g/mol. The van der Waals surface area contributed by atoms with E-state index >= 15 is 0 Å². The van der Waals surface area contributed by atoms with Crippen LogP contribution in [0.2, 0.25) is 0 Å². The Morgan fingerprint density at radius 1 is 0.603 bits per heavy atom. The predicted octanol–water partition coefficient (Wildman–Crippen LogP) is 5.84. The Balaban J connectivity index is 0.000000221. The molecule has 0 heterocycles. The summed E-state index contributed by atoms with van der Waals surface area (Å²) in [5.74, 6) is 1.46. The first kappa shape index (κ1) is 48.3. The van der Waals surface area contributed by atoms with Gasteiger partial charge >= 0.3 is 0 Å². The maximum atomic E-state index is 11.5. The number of non-ortho nitro benzene ring substituents is 1. The SMILES string of the molecule is COc1cc(N)c(OC)cc1N.COc1ccc(Nc2ccc3c(O)c(N)c(S(=O)(=O)O)cc3c2)cc1.Nc1ccc(C=Cc2ccc([N+](=O)[O-])cc2S(=O)(=O)O)c(S(=O)(=O)O)c1. The number of fused-ring (bicyclic) bond motifs is 1. The first-order valence-corrected chi connectivity index (χ1v) is 21.7. The normalized spacial score (nSPS) is 11.5. The van der Waals surface area contributed by atoms with Crippen molar-refractivity contribution < 1.29 is 63.2 Å². The van der Waals surface area contributed by atoms with Gasteiger partial charge in [0.15, 0.2) is 0 Å². The van der Waals surface area contributed by atoms with Crippen LogP contribution in [0, 0.1) is 10.1 Å². The third kappa shape index (κ3) is 12.4. The Labute approximate surface area is 360 Å². The number of nitrogens with two attached hydrogens (primary N) is 4. The van der Waals surface area contributed by atoms with E-state index in [1.165, 1.54) is 32.4 Å². The molecule has 63 heavy (non-hydrogen) atoms. The highest BCUT2D eigenvalue weighted by Crippen LogP contribution is 2.38. The lowest BCUT2D eigenvalue weighted by Crippen LogP contribution is -2.03. The zero-order valence-electron chi connectivity index (χ0n) is 33.2. The minimum Gasteiger partial charge on any atom is -0.505 e. The monoisotopic (exact) mass is 928 g/mol. The molecule has 0 unspecified atom stereocenters. The Morgan fingerprint density at radius 3 is 1.57 bits per heavy atom. The fourth-order valence-corrected chi connectivity index (χ4v) is 7.62. The molecule has 6 aromatic carbocycles. The van der Waals surface area contributed by atoms with Gasteiger partial charge in [-0.1, -0.05) is 18.2 Å². The van der Waals surface area contributed by atoms with Crippen molar-refractivity contribution in [3.8, 4) is 23.0 Å². The number of nitro benzene ring substituents is 1. The van der Waals surface area contributed by atoms with Gasteiger partial charge in [-0.3, -0.25) is 23.8 Å². The maximum Gasteiger partial charge on any atom is 0.296 e. The molecule has 0 aliphatic heterocycles. The summed E-state index contributed by atoms with van der Waals surface area (Å²) in [4.78, 5) is 8.16. The molecule has 0 aliphatic carbocycles. The first-order chi connectivity index (χ1) is 29.4. The number of rotatable bonds is 11. The molecule has 0 saturated heterocycles. The number of anilines is 6. The molecule has 0 fully saturated rings. The molecule has 21 nitrogen and oxygen atoms in total. The van der Waals surface area contributed by atoms with Crippen LogP contribution in [0.15, 0.2) is 112 Å². The second-order valence-corrected chi connectivity index (χ2v) is 17.0. The van der Waals surface area contributed by atoms with Crippen molar-refractivity contribution in [2.24, 2.45) is 0 Å². The number of phenolic OH excluding ortho intramolecular Hbond substituents is 1. The number of nitrogens with one attached hydrogen (secondary N) is 1. The molecule has 0 aliphatic rings. The second-order valence-electron chi connectivity index (χ2n) is 12.8. The number of nitro groups is 1. The predicted molar refractivity (Wildman–Crippen MR) is 237 cm³/mol. The summed E-state index contributed by atoms with van der Waals surface area (Å²) in [6.45, 7) is 0. The zero-order valence-corrected chi connectivity index (χ0v) is 35.6. The van der Waals surface area contributed by atoms with Crippen LogP contribution in [-0.2, 0) is 30.4 Å². The highest BCUT2D eigenvalue weighted by molar-refractivity contribution is 7.86. The van der Waals surface area contributed by atoms with Gasteiger partial charge in [-0.05, 0) is 83.2 Å².